The van der Waals surface area contributed by atoms with E-state index in [1.807, 2.05) is 0 Å². The average Bonchev–Trinajstić information content (AvgIpc) is 2.83. The minimum absolute atomic E-state index is 0.0191. The van der Waals surface area contributed by atoms with Gasteiger partial charge in [-0.1, -0.05) is 36.4 Å². The molecule has 0 aliphatic rings. The topological polar surface area (TPSA) is 152 Å². The lowest BCUT2D eigenvalue weighted by Crippen LogP contribution is -2.19. The third kappa shape index (κ3) is 6.77. The second kappa shape index (κ2) is 11.8. The van der Waals surface area contributed by atoms with Crippen LogP contribution < -0.4 is 18.9 Å². The summed E-state index contributed by atoms with van der Waals surface area (Å²) in [4.78, 5) is 25.5. The summed E-state index contributed by atoms with van der Waals surface area (Å²) in [7, 11) is 0. The molecule has 10 heteroatoms. The van der Waals surface area contributed by atoms with Crippen LogP contribution in [-0.4, -0.2) is 58.2 Å². The molecule has 178 valence electrons. The van der Waals surface area contributed by atoms with E-state index in [1.54, 1.807) is 36.4 Å². The van der Waals surface area contributed by atoms with Gasteiger partial charge in [-0.15, -0.1) is 0 Å². The lowest BCUT2D eigenvalue weighted by Gasteiger charge is -2.14. The molecule has 0 saturated carbocycles. The number of benzene rings is 3. The molecule has 0 aromatic heterocycles. The van der Waals surface area contributed by atoms with Crippen molar-refractivity contribution in [1.29, 1.82) is 0 Å². The highest BCUT2D eigenvalue weighted by atomic mass is 16.6. The normalized spacial score (nSPS) is 10.8. The first kappa shape index (κ1) is 24.7. The zero-order valence-electron chi connectivity index (χ0n) is 17.7. The number of hydrogen-bond acceptors (Lipinski definition) is 10. The van der Waals surface area contributed by atoms with E-state index in [1.165, 1.54) is 36.4 Å². The largest absolute Gasteiger partial charge is 0.487 e. The first-order chi connectivity index (χ1) is 16.3. The molecule has 3 rings (SSSR count). The molecule has 0 spiro atoms. The fourth-order valence-corrected chi connectivity index (χ4v) is 2.78. The van der Waals surface area contributed by atoms with Gasteiger partial charge in [-0.2, -0.15) is 0 Å². The minimum Gasteiger partial charge on any atom is -0.487 e. The molecule has 0 atom stereocenters. The Hall–Kier alpha value is -3.96. The first-order valence-corrected chi connectivity index (χ1v) is 10.0. The van der Waals surface area contributed by atoms with Gasteiger partial charge in [0.15, 0.2) is 24.1 Å². The summed E-state index contributed by atoms with van der Waals surface area (Å²) in [6, 6.07) is 18.1. The predicted octanol–water partition coefficient (Wildman–Crippen LogP) is 1.50. The molecule has 4 N–H and O–H groups in total. The van der Waals surface area contributed by atoms with Gasteiger partial charge in [0.05, 0.1) is 0 Å². The van der Waals surface area contributed by atoms with E-state index >= 15 is 0 Å². The van der Waals surface area contributed by atoms with Crippen LogP contribution in [0.15, 0.2) is 72.8 Å². The van der Waals surface area contributed by atoms with Crippen molar-refractivity contribution >= 4 is 11.9 Å². The number of carbonyl (C=O) groups excluding carboxylic acids is 2. The van der Waals surface area contributed by atoms with Crippen molar-refractivity contribution in [3.63, 3.8) is 0 Å². The lowest BCUT2D eigenvalue weighted by molar-refractivity contribution is -0.0686. The van der Waals surface area contributed by atoms with E-state index in [4.69, 9.17) is 39.4 Å². The predicted molar refractivity (Wildman–Crippen MR) is 117 cm³/mol. The van der Waals surface area contributed by atoms with Gasteiger partial charge < -0.3 is 39.4 Å². The van der Waals surface area contributed by atoms with E-state index in [0.29, 0.717) is 0 Å². The van der Waals surface area contributed by atoms with Crippen molar-refractivity contribution in [1.82, 2.24) is 0 Å². The average molecular weight is 470 g/mol. The number of esters is 2. The van der Waals surface area contributed by atoms with E-state index in [-0.39, 0.29) is 34.1 Å². The van der Waals surface area contributed by atoms with Gasteiger partial charge in [-0.05, 0) is 36.4 Å². The summed E-state index contributed by atoms with van der Waals surface area (Å²) in [5.74, 6) is -1.61. The van der Waals surface area contributed by atoms with Crippen LogP contribution in [0.4, 0.5) is 0 Å². The van der Waals surface area contributed by atoms with E-state index < -0.39 is 37.7 Å². The number of ether oxygens (including phenoxy) is 4. The third-order valence-corrected chi connectivity index (χ3v) is 4.24. The third-order valence-electron chi connectivity index (χ3n) is 4.24. The van der Waals surface area contributed by atoms with Crippen molar-refractivity contribution in [2.24, 2.45) is 0 Å². The van der Waals surface area contributed by atoms with Crippen LogP contribution in [0.2, 0.25) is 0 Å². The number of aliphatic hydroxyl groups excluding tert-OH is 2. The quantitative estimate of drug-likeness (QED) is 0.195. The van der Waals surface area contributed by atoms with Gasteiger partial charge >= 0.3 is 11.9 Å². The van der Waals surface area contributed by atoms with Gasteiger partial charge in [0.2, 0.25) is 0 Å². The van der Waals surface area contributed by atoms with Crippen LogP contribution in [0.25, 0.3) is 0 Å². The lowest BCUT2D eigenvalue weighted by atomic mass is 10.2. The minimum atomic E-state index is -1.73. The van der Waals surface area contributed by atoms with Crippen molar-refractivity contribution in [3.8, 4) is 23.0 Å². The Morgan fingerprint density at radius 1 is 0.559 bits per heavy atom. The molecule has 34 heavy (non-hydrogen) atoms. The highest BCUT2D eigenvalue weighted by Crippen LogP contribution is 2.30. The van der Waals surface area contributed by atoms with Crippen molar-refractivity contribution < 1.29 is 49.0 Å². The maximum atomic E-state index is 12.8. The number of para-hydroxylation sites is 4. The molecular formula is C24H22O10. The monoisotopic (exact) mass is 470 g/mol. The maximum Gasteiger partial charge on any atom is 0.347 e. The Morgan fingerprint density at radius 3 is 1.24 bits per heavy atom. The molecule has 0 fully saturated rings. The van der Waals surface area contributed by atoms with Crippen molar-refractivity contribution in [2.45, 2.75) is 12.6 Å². The van der Waals surface area contributed by atoms with E-state index in [2.05, 4.69) is 0 Å². The van der Waals surface area contributed by atoms with Crippen LogP contribution >= 0.6 is 0 Å². The Bertz CT molecular complexity index is 1040. The maximum absolute atomic E-state index is 12.8. The van der Waals surface area contributed by atoms with Gasteiger partial charge in [-0.25, -0.2) is 9.59 Å². The second-order valence-electron chi connectivity index (χ2n) is 6.80. The summed E-state index contributed by atoms with van der Waals surface area (Å²) < 4.78 is 21.3. The molecule has 10 nitrogen and oxygen atoms in total. The molecule has 0 aliphatic carbocycles. The number of hydrogen-bond donors (Lipinski definition) is 4. The zero-order valence-corrected chi connectivity index (χ0v) is 17.7. The molecule has 3 aromatic carbocycles. The van der Waals surface area contributed by atoms with Crippen LogP contribution in [0, 0.1) is 0 Å². The second-order valence-corrected chi connectivity index (χ2v) is 6.80. The molecule has 3 aromatic rings. The van der Waals surface area contributed by atoms with E-state index in [0.717, 1.165) is 0 Å². The van der Waals surface area contributed by atoms with Gasteiger partial charge in [-0.3, -0.25) is 0 Å². The molecule has 0 unspecified atom stereocenters. The first-order valence-electron chi connectivity index (χ1n) is 10.0. The molecule has 0 saturated heterocycles. The van der Waals surface area contributed by atoms with Crippen molar-refractivity contribution in [2.75, 3.05) is 13.2 Å². The molecular weight excluding hydrogens is 448 g/mol. The molecule has 0 heterocycles. The Morgan fingerprint density at radius 2 is 0.882 bits per heavy atom. The Kier molecular flexibility index (Phi) is 8.54. The smallest absolute Gasteiger partial charge is 0.347 e. The van der Waals surface area contributed by atoms with Crippen LogP contribution in [0.5, 0.6) is 23.0 Å². The summed E-state index contributed by atoms with van der Waals surface area (Å²) in [5, 5.41) is 36.0. The Balaban J connectivity index is 1.78. The standard InChI is InChI=1S/C24H22O10/c25-21(26)13-31-17-9-3-1-7-15(17)23(29)33-19-11-5-6-12-20(19)34-24(30)16-8-2-4-10-18(16)32-14-22(27)28/h1-12,21-22,25-28H,13-14H2. The van der Waals surface area contributed by atoms with Crippen LogP contribution in [0.3, 0.4) is 0 Å². The number of carbonyl (C=O) groups is 2. The summed E-state index contributed by atoms with van der Waals surface area (Å²) >= 11 is 0. The van der Waals surface area contributed by atoms with Gasteiger partial charge in [0.1, 0.15) is 35.8 Å². The summed E-state index contributed by atoms with van der Waals surface area (Å²) in [6.07, 6.45) is -3.45. The molecule has 0 amide bonds. The van der Waals surface area contributed by atoms with E-state index in [9.17, 15) is 9.59 Å². The van der Waals surface area contributed by atoms with Crippen LogP contribution in [0.1, 0.15) is 20.7 Å². The number of rotatable bonds is 10. The SMILES string of the molecule is O=C(Oc1ccccc1OC(=O)c1ccccc1OCC(O)O)c1ccccc1OCC(O)O. The number of aliphatic hydroxyl groups is 4. The molecule has 0 radical (unpaired) electrons. The van der Waals surface area contributed by atoms with Crippen LogP contribution in [-0.2, 0) is 0 Å². The Labute approximate surface area is 194 Å². The zero-order chi connectivity index (χ0) is 24.5. The molecule has 0 bridgehead atoms. The highest BCUT2D eigenvalue weighted by molar-refractivity contribution is 5.96. The van der Waals surface area contributed by atoms with Gasteiger partial charge in [0.25, 0.3) is 0 Å². The fraction of sp³-hybridized carbons (Fsp3) is 0.167. The molecule has 0 aliphatic heterocycles. The van der Waals surface area contributed by atoms with Gasteiger partial charge in [0, 0.05) is 0 Å². The highest BCUT2D eigenvalue weighted by Gasteiger charge is 2.20. The fourth-order valence-electron chi connectivity index (χ4n) is 2.78. The summed E-state index contributed by atoms with van der Waals surface area (Å²) in [5.41, 5.74) is 0.0381. The summed E-state index contributed by atoms with van der Waals surface area (Å²) in [6.45, 7) is -0.902. The van der Waals surface area contributed by atoms with Crippen molar-refractivity contribution in [3.05, 3.63) is 83.9 Å².